The van der Waals surface area contributed by atoms with E-state index in [1.54, 1.807) is 42.6 Å². The number of hydrogen-bond donors (Lipinski definition) is 2. The van der Waals surface area contributed by atoms with E-state index in [0.717, 1.165) is 5.52 Å². The number of anilines is 2. The van der Waals surface area contributed by atoms with Crippen molar-refractivity contribution in [3.63, 3.8) is 0 Å². The number of hydrogen-bond acceptors (Lipinski definition) is 3. The van der Waals surface area contributed by atoms with Crippen molar-refractivity contribution in [1.29, 1.82) is 0 Å². The third-order valence-electron chi connectivity index (χ3n) is 4.04. The highest BCUT2D eigenvalue weighted by Gasteiger charge is 2.15. The Morgan fingerprint density at radius 2 is 1.58 bits per heavy atom. The highest BCUT2D eigenvalue weighted by Crippen LogP contribution is 2.16. The monoisotopic (exact) mass is 349 g/mol. The summed E-state index contributed by atoms with van der Waals surface area (Å²) >= 11 is 0. The Bertz CT molecular complexity index is 1040. The fourth-order valence-electron chi connectivity index (χ4n) is 2.81. The van der Waals surface area contributed by atoms with Crippen molar-refractivity contribution in [2.24, 2.45) is 0 Å². The Balaban J connectivity index is 1.91. The second-order valence-corrected chi connectivity index (χ2v) is 5.89. The van der Waals surface area contributed by atoms with Gasteiger partial charge in [-0.1, -0.05) is 12.1 Å². The minimum atomic E-state index is -0.463. The van der Waals surface area contributed by atoms with Crippen LogP contribution in [-0.4, -0.2) is 16.4 Å². The molecule has 0 aliphatic heterocycles. The second kappa shape index (κ2) is 7.23. The molecule has 0 bridgehead atoms. The maximum atomic E-state index is 12.7. The van der Waals surface area contributed by atoms with Gasteiger partial charge in [-0.05, 0) is 43.3 Å². The lowest BCUT2D eigenvalue weighted by molar-refractivity contribution is -0.114. The maximum Gasteiger partial charge on any atom is 0.261 e. The summed E-state index contributed by atoms with van der Waals surface area (Å²) in [5, 5.41) is 5.90. The average Bonchev–Trinajstić information content (AvgIpc) is 2.63. The molecule has 0 radical (unpaired) electrons. The predicted octanol–water partition coefficient (Wildman–Crippen LogP) is 3.23. The Kier molecular flexibility index (Phi) is 4.84. The van der Waals surface area contributed by atoms with Crippen LogP contribution in [0.3, 0.4) is 0 Å². The third kappa shape index (κ3) is 3.49. The van der Waals surface area contributed by atoms with Gasteiger partial charge in [-0.15, -0.1) is 0 Å². The Morgan fingerprint density at radius 1 is 0.962 bits per heavy atom. The molecule has 132 valence electrons. The highest BCUT2D eigenvalue weighted by atomic mass is 16.2. The van der Waals surface area contributed by atoms with Crippen LogP contribution in [0.5, 0.6) is 0 Å². The van der Waals surface area contributed by atoms with Crippen molar-refractivity contribution in [2.75, 3.05) is 10.6 Å². The van der Waals surface area contributed by atoms with Crippen molar-refractivity contribution in [2.45, 2.75) is 20.4 Å². The van der Waals surface area contributed by atoms with Gasteiger partial charge in [0.1, 0.15) is 5.56 Å². The molecule has 1 heterocycles. The van der Waals surface area contributed by atoms with E-state index in [-0.39, 0.29) is 16.9 Å². The fourth-order valence-corrected chi connectivity index (χ4v) is 2.81. The highest BCUT2D eigenvalue weighted by molar-refractivity contribution is 6.05. The number of nitrogens with zero attached hydrogens (tertiary/aromatic N) is 1. The Hall–Kier alpha value is -3.41. The first-order valence-electron chi connectivity index (χ1n) is 8.30. The van der Waals surface area contributed by atoms with Crippen LogP contribution >= 0.6 is 0 Å². The molecule has 0 unspecified atom stereocenters. The summed E-state index contributed by atoms with van der Waals surface area (Å²) in [6.07, 6.45) is 1.59. The minimum Gasteiger partial charge on any atom is -0.347 e. The van der Waals surface area contributed by atoms with Crippen LogP contribution in [-0.2, 0) is 11.3 Å². The largest absolute Gasteiger partial charge is 0.347 e. The molecule has 2 amide bonds. The summed E-state index contributed by atoms with van der Waals surface area (Å²) in [5.74, 6) is -0.631. The quantitative estimate of drug-likeness (QED) is 0.759. The van der Waals surface area contributed by atoms with E-state index in [1.165, 1.54) is 6.92 Å². The summed E-state index contributed by atoms with van der Waals surface area (Å²) in [4.78, 5) is 36.3. The smallest absolute Gasteiger partial charge is 0.261 e. The van der Waals surface area contributed by atoms with Gasteiger partial charge in [-0.2, -0.15) is 0 Å². The van der Waals surface area contributed by atoms with Crippen LogP contribution < -0.4 is 16.1 Å². The maximum absolute atomic E-state index is 12.7. The summed E-state index contributed by atoms with van der Waals surface area (Å²) in [7, 11) is 0. The van der Waals surface area contributed by atoms with Gasteiger partial charge in [0.25, 0.3) is 5.91 Å². The molecule has 0 aliphatic carbocycles. The third-order valence-corrected chi connectivity index (χ3v) is 4.04. The van der Waals surface area contributed by atoms with Crippen LogP contribution in [0.15, 0.2) is 59.5 Å². The molecule has 26 heavy (non-hydrogen) atoms. The summed E-state index contributed by atoms with van der Waals surface area (Å²) in [6.45, 7) is 4.03. The van der Waals surface area contributed by atoms with Gasteiger partial charge in [-0.3, -0.25) is 14.4 Å². The van der Waals surface area contributed by atoms with Crippen molar-refractivity contribution in [3.8, 4) is 0 Å². The molecule has 0 atom stereocenters. The molecule has 6 nitrogen and oxygen atoms in total. The predicted molar refractivity (Wildman–Crippen MR) is 103 cm³/mol. The number of para-hydroxylation sites is 1. The first-order valence-corrected chi connectivity index (χ1v) is 8.30. The van der Waals surface area contributed by atoms with Crippen molar-refractivity contribution < 1.29 is 9.59 Å². The minimum absolute atomic E-state index is 0.0940. The van der Waals surface area contributed by atoms with E-state index in [4.69, 9.17) is 0 Å². The first kappa shape index (κ1) is 17.4. The lowest BCUT2D eigenvalue weighted by Gasteiger charge is -2.12. The topological polar surface area (TPSA) is 80.2 Å². The number of fused-ring (bicyclic) bond motifs is 1. The van der Waals surface area contributed by atoms with Crippen LogP contribution in [0.1, 0.15) is 24.2 Å². The SMILES string of the molecule is CCn1cc(C(=O)Nc2ccc(NC(C)=O)cc2)c(=O)c2ccccc21. The molecule has 0 saturated carbocycles. The first-order chi connectivity index (χ1) is 12.5. The number of aryl methyl sites for hydroxylation is 1. The average molecular weight is 349 g/mol. The van der Waals surface area contributed by atoms with Gasteiger partial charge in [0.15, 0.2) is 0 Å². The molecular weight excluding hydrogens is 330 g/mol. The van der Waals surface area contributed by atoms with Crippen LogP contribution in [0.25, 0.3) is 10.9 Å². The molecule has 0 fully saturated rings. The van der Waals surface area contributed by atoms with E-state index in [0.29, 0.717) is 23.3 Å². The molecule has 0 saturated heterocycles. The van der Waals surface area contributed by atoms with E-state index in [9.17, 15) is 14.4 Å². The van der Waals surface area contributed by atoms with Crippen LogP contribution in [0, 0.1) is 0 Å². The normalized spacial score (nSPS) is 10.5. The standard InChI is InChI=1S/C20H19N3O3/c1-3-23-12-17(19(25)16-6-4-5-7-18(16)23)20(26)22-15-10-8-14(9-11-15)21-13(2)24/h4-12H,3H2,1-2H3,(H,21,24)(H,22,26). The Labute approximate surface area is 150 Å². The molecule has 1 aromatic heterocycles. The van der Waals surface area contributed by atoms with Crippen LogP contribution in [0.4, 0.5) is 11.4 Å². The second-order valence-electron chi connectivity index (χ2n) is 5.89. The lowest BCUT2D eigenvalue weighted by Crippen LogP contribution is -2.23. The van der Waals surface area contributed by atoms with E-state index in [2.05, 4.69) is 10.6 Å². The van der Waals surface area contributed by atoms with Gasteiger partial charge >= 0.3 is 0 Å². The Morgan fingerprint density at radius 3 is 2.19 bits per heavy atom. The zero-order chi connectivity index (χ0) is 18.7. The number of benzene rings is 2. The number of carbonyl (C=O) groups is 2. The van der Waals surface area contributed by atoms with Crippen molar-refractivity contribution in [3.05, 3.63) is 70.5 Å². The molecule has 6 heteroatoms. The molecule has 3 aromatic rings. The van der Waals surface area contributed by atoms with Gasteiger partial charge in [0, 0.05) is 36.4 Å². The van der Waals surface area contributed by atoms with Gasteiger partial charge in [0.05, 0.1) is 5.52 Å². The molecule has 2 N–H and O–H groups in total. The van der Waals surface area contributed by atoms with Gasteiger partial charge in [0.2, 0.25) is 11.3 Å². The zero-order valence-corrected chi connectivity index (χ0v) is 14.6. The van der Waals surface area contributed by atoms with Crippen LogP contribution in [0.2, 0.25) is 0 Å². The number of amides is 2. The van der Waals surface area contributed by atoms with E-state index in [1.807, 2.05) is 23.6 Å². The molecule has 0 spiro atoms. The van der Waals surface area contributed by atoms with Crippen molar-refractivity contribution >= 4 is 34.1 Å². The molecule has 3 rings (SSSR count). The summed E-state index contributed by atoms with van der Waals surface area (Å²) in [6, 6.07) is 13.9. The van der Waals surface area contributed by atoms with E-state index >= 15 is 0 Å². The lowest BCUT2D eigenvalue weighted by atomic mass is 10.1. The van der Waals surface area contributed by atoms with Crippen molar-refractivity contribution in [1.82, 2.24) is 4.57 Å². The summed E-state index contributed by atoms with van der Waals surface area (Å²) in [5.41, 5.74) is 1.78. The number of carbonyl (C=O) groups excluding carboxylic acids is 2. The number of aromatic nitrogens is 1. The molecular formula is C20H19N3O3. The number of rotatable bonds is 4. The fraction of sp³-hybridized carbons (Fsp3) is 0.150. The number of pyridine rings is 1. The summed E-state index contributed by atoms with van der Waals surface area (Å²) < 4.78 is 1.88. The molecule has 2 aromatic carbocycles. The number of nitrogens with one attached hydrogen (secondary N) is 2. The van der Waals surface area contributed by atoms with Gasteiger partial charge in [-0.25, -0.2) is 0 Å². The molecule has 0 aliphatic rings. The van der Waals surface area contributed by atoms with Gasteiger partial charge < -0.3 is 15.2 Å². The van der Waals surface area contributed by atoms with E-state index < -0.39 is 5.91 Å². The zero-order valence-electron chi connectivity index (χ0n) is 14.6.